The van der Waals surface area contributed by atoms with Crippen molar-refractivity contribution in [3.63, 3.8) is 0 Å². The summed E-state index contributed by atoms with van der Waals surface area (Å²) in [7, 11) is -3.50. The molecular weight excluding hydrogens is 347 g/mol. The molecule has 104 valence electrons. The van der Waals surface area contributed by atoms with Gasteiger partial charge in [-0.25, -0.2) is 8.42 Å². The molecule has 1 aliphatic heterocycles. The summed E-state index contributed by atoms with van der Waals surface area (Å²) < 4.78 is 62.2. The molecule has 0 saturated carbocycles. The molecule has 1 heterocycles. The van der Waals surface area contributed by atoms with Crippen molar-refractivity contribution in [1.29, 1.82) is 0 Å². The average molecular weight is 356 g/mol. The summed E-state index contributed by atoms with van der Waals surface area (Å²) in [4.78, 5) is 0. The molecule has 1 aromatic rings. The maximum Gasteiger partial charge on any atom is 0.416 e. The molecule has 0 atom stereocenters. The Hall–Kier alpha value is -1.02. The molecular formula is C11H9BrF3NO2S. The van der Waals surface area contributed by atoms with Gasteiger partial charge in [0.05, 0.1) is 18.4 Å². The van der Waals surface area contributed by atoms with Crippen molar-refractivity contribution in [2.24, 2.45) is 0 Å². The molecule has 1 aliphatic rings. The van der Waals surface area contributed by atoms with Crippen LogP contribution in [-0.2, 0) is 22.7 Å². The lowest BCUT2D eigenvalue weighted by molar-refractivity contribution is -0.137. The second-order valence-corrected chi connectivity index (χ2v) is 6.94. The molecule has 0 bridgehead atoms. The summed E-state index contributed by atoms with van der Waals surface area (Å²) in [6.45, 7) is -0.104. The molecule has 0 saturated heterocycles. The number of benzene rings is 1. The standard InChI is InChI=1S/C11H9BrF3NO2S/c1-19(17,18)16-5-7-4-8(11(13,14)15)2-3-9(7)10(12)6-16/h2-4,6H,5H2,1H3. The molecule has 0 spiro atoms. The molecule has 1 aromatic carbocycles. The first kappa shape index (κ1) is 14.4. The third-order valence-electron chi connectivity index (χ3n) is 2.70. The Bertz CT molecular complexity index is 652. The van der Waals surface area contributed by atoms with Gasteiger partial charge in [-0.05, 0) is 39.2 Å². The molecule has 0 amide bonds. The minimum Gasteiger partial charge on any atom is -0.272 e. The van der Waals surface area contributed by atoms with Gasteiger partial charge >= 0.3 is 6.18 Å². The highest BCUT2D eigenvalue weighted by Gasteiger charge is 2.32. The van der Waals surface area contributed by atoms with Gasteiger partial charge in [0.25, 0.3) is 0 Å². The Kier molecular flexibility index (Phi) is 3.42. The third-order valence-corrected chi connectivity index (χ3v) is 4.42. The second-order valence-electron chi connectivity index (χ2n) is 4.15. The van der Waals surface area contributed by atoms with Crippen LogP contribution in [0.5, 0.6) is 0 Å². The molecule has 19 heavy (non-hydrogen) atoms. The number of sulfonamides is 1. The van der Waals surface area contributed by atoms with Gasteiger partial charge in [-0.15, -0.1) is 0 Å². The minimum atomic E-state index is -4.45. The summed E-state index contributed by atoms with van der Waals surface area (Å²) in [6.07, 6.45) is -2.09. The zero-order valence-corrected chi connectivity index (χ0v) is 12.1. The Morgan fingerprint density at radius 2 is 1.95 bits per heavy atom. The van der Waals surface area contributed by atoms with Crippen molar-refractivity contribution in [3.05, 3.63) is 41.1 Å². The van der Waals surface area contributed by atoms with Crippen molar-refractivity contribution in [2.75, 3.05) is 6.26 Å². The van der Waals surface area contributed by atoms with E-state index in [0.717, 1.165) is 22.7 Å². The number of nitrogens with zero attached hydrogens (tertiary/aromatic N) is 1. The second kappa shape index (κ2) is 4.52. The summed E-state index contributed by atoms with van der Waals surface area (Å²) in [5.41, 5.74) is 0.0874. The maximum atomic E-state index is 12.6. The highest BCUT2D eigenvalue weighted by molar-refractivity contribution is 9.15. The smallest absolute Gasteiger partial charge is 0.272 e. The van der Waals surface area contributed by atoms with Gasteiger partial charge < -0.3 is 0 Å². The van der Waals surface area contributed by atoms with Crippen molar-refractivity contribution in [1.82, 2.24) is 4.31 Å². The molecule has 0 unspecified atom stereocenters. The molecule has 0 fully saturated rings. The number of rotatable bonds is 1. The quantitative estimate of drug-likeness (QED) is 0.775. The van der Waals surface area contributed by atoms with Crippen molar-refractivity contribution in [3.8, 4) is 0 Å². The average Bonchev–Trinajstić information content (AvgIpc) is 2.25. The third kappa shape index (κ3) is 2.94. The molecule has 0 N–H and O–H groups in total. The van der Waals surface area contributed by atoms with Crippen LogP contribution in [0.1, 0.15) is 16.7 Å². The van der Waals surface area contributed by atoms with Crippen LogP contribution < -0.4 is 0 Å². The SMILES string of the molecule is CS(=O)(=O)N1C=C(Br)c2ccc(C(F)(F)F)cc2C1. The largest absolute Gasteiger partial charge is 0.416 e. The molecule has 0 aliphatic carbocycles. The molecule has 0 radical (unpaired) electrons. The van der Waals surface area contributed by atoms with Gasteiger partial charge in [-0.2, -0.15) is 13.2 Å². The highest BCUT2D eigenvalue weighted by Crippen LogP contribution is 2.36. The molecule has 3 nitrogen and oxygen atoms in total. The summed E-state index contributed by atoms with van der Waals surface area (Å²) in [5, 5.41) is 0. The fourth-order valence-electron chi connectivity index (χ4n) is 1.76. The van der Waals surface area contributed by atoms with E-state index in [1.54, 1.807) is 0 Å². The van der Waals surface area contributed by atoms with Crippen LogP contribution in [0.3, 0.4) is 0 Å². The van der Waals surface area contributed by atoms with E-state index >= 15 is 0 Å². The number of alkyl halides is 3. The number of hydrogen-bond acceptors (Lipinski definition) is 2. The number of hydrogen-bond donors (Lipinski definition) is 0. The fourth-order valence-corrected chi connectivity index (χ4v) is 3.20. The topological polar surface area (TPSA) is 37.4 Å². The van der Waals surface area contributed by atoms with E-state index in [1.165, 1.54) is 12.3 Å². The van der Waals surface area contributed by atoms with E-state index in [-0.39, 0.29) is 6.54 Å². The first-order valence-electron chi connectivity index (χ1n) is 5.13. The van der Waals surface area contributed by atoms with Crippen LogP contribution in [0.4, 0.5) is 13.2 Å². The van der Waals surface area contributed by atoms with Crippen LogP contribution >= 0.6 is 15.9 Å². The summed E-state index contributed by atoms with van der Waals surface area (Å²) >= 11 is 3.17. The van der Waals surface area contributed by atoms with Gasteiger partial charge in [-0.1, -0.05) is 6.07 Å². The van der Waals surface area contributed by atoms with Crippen molar-refractivity contribution in [2.45, 2.75) is 12.7 Å². The molecule has 0 aromatic heterocycles. The van der Waals surface area contributed by atoms with E-state index in [2.05, 4.69) is 15.9 Å². The monoisotopic (exact) mass is 355 g/mol. The first-order chi connectivity index (χ1) is 8.59. The van der Waals surface area contributed by atoms with Gasteiger partial charge in [0.1, 0.15) is 0 Å². The van der Waals surface area contributed by atoms with Crippen LogP contribution in [0.2, 0.25) is 0 Å². The highest BCUT2D eigenvalue weighted by atomic mass is 79.9. The van der Waals surface area contributed by atoms with E-state index in [4.69, 9.17) is 0 Å². The van der Waals surface area contributed by atoms with Gasteiger partial charge in [0.15, 0.2) is 0 Å². The van der Waals surface area contributed by atoms with E-state index in [1.807, 2.05) is 0 Å². The maximum absolute atomic E-state index is 12.6. The lowest BCUT2D eigenvalue weighted by atomic mass is 10.0. The minimum absolute atomic E-state index is 0.104. The zero-order valence-electron chi connectivity index (χ0n) is 9.70. The van der Waals surface area contributed by atoms with Crippen LogP contribution in [0.25, 0.3) is 4.48 Å². The van der Waals surface area contributed by atoms with Gasteiger partial charge in [0, 0.05) is 10.7 Å². The predicted octanol–water partition coefficient (Wildman–Crippen LogP) is 3.17. The van der Waals surface area contributed by atoms with Crippen molar-refractivity contribution < 1.29 is 21.6 Å². The lowest BCUT2D eigenvalue weighted by Gasteiger charge is -2.25. The zero-order chi connectivity index (χ0) is 14.4. The van der Waals surface area contributed by atoms with E-state index in [0.29, 0.717) is 15.6 Å². The molecule has 8 heteroatoms. The van der Waals surface area contributed by atoms with Gasteiger partial charge in [-0.3, -0.25) is 4.31 Å². The number of halogens is 4. The van der Waals surface area contributed by atoms with E-state index in [9.17, 15) is 21.6 Å². The van der Waals surface area contributed by atoms with Crippen molar-refractivity contribution >= 4 is 30.4 Å². The fraction of sp³-hybridized carbons (Fsp3) is 0.273. The first-order valence-corrected chi connectivity index (χ1v) is 7.78. The Morgan fingerprint density at radius 3 is 2.47 bits per heavy atom. The Labute approximate surface area is 116 Å². The van der Waals surface area contributed by atoms with E-state index < -0.39 is 21.8 Å². The Morgan fingerprint density at radius 1 is 1.32 bits per heavy atom. The lowest BCUT2D eigenvalue weighted by Crippen LogP contribution is -2.27. The normalized spacial score (nSPS) is 16.1. The molecule has 2 rings (SSSR count). The van der Waals surface area contributed by atoms with Crippen LogP contribution in [0.15, 0.2) is 24.4 Å². The van der Waals surface area contributed by atoms with Crippen LogP contribution in [-0.4, -0.2) is 19.0 Å². The summed E-state index contributed by atoms with van der Waals surface area (Å²) in [5.74, 6) is 0. The Balaban J connectivity index is 2.51. The summed E-state index contributed by atoms with van der Waals surface area (Å²) in [6, 6.07) is 3.28. The van der Waals surface area contributed by atoms with Crippen LogP contribution in [0, 0.1) is 0 Å². The van der Waals surface area contributed by atoms with Gasteiger partial charge in [0.2, 0.25) is 10.0 Å². The predicted molar refractivity (Wildman–Crippen MR) is 68.7 cm³/mol. The number of fused-ring (bicyclic) bond motifs is 1.